The van der Waals surface area contributed by atoms with Crippen LogP contribution in [0.15, 0.2) is 48.5 Å². The topological polar surface area (TPSA) is 87.7 Å². The van der Waals surface area contributed by atoms with E-state index in [1.807, 2.05) is 31.2 Å². The largest absolute Gasteiger partial charge is 0.457 e. The molecule has 6 rings (SSSR count). The van der Waals surface area contributed by atoms with E-state index < -0.39 is 23.9 Å². The molecule has 2 saturated heterocycles. The van der Waals surface area contributed by atoms with Crippen molar-refractivity contribution >= 4 is 11.8 Å². The molecule has 8 nitrogen and oxygen atoms in total. The van der Waals surface area contributed by atoms with E-state index in [-0.39, 0.29) is 42.1 Å². The number of aromatic nitrogens is 2. The van der Waals surface area contributed by atoms with Crippen molar-refractivity contribution in [2.75, 3.05) is 19.6 Å². The highest BCUT2D eigenvalue weighted by atomic mass is 19.1. The molecule has 0 bridgehead atoms. The Bertz CT molecular complexity index is 1540. The number of halogens is 2. The summed E-state index contributed by atoms with van der Waals surface area (Å²) in [6.45, 7) is 7.82. The van der Waals surface area contributed by atoms with Gasteiger partial charge in [0.15, 0.2) is 0 Å². The van der Waals surface area contributed by atoms with Crippen LogP contribution in [0.2, 0.25) is 0 Å². The number of ether oxygens (including phenoxy) is 1. The molecule has 3 aliphatic rings. The number of rotatable bonds is 9. The molecule has 3 heterocycles. The second-order valence-electron chi connectivity index (χ2n) is 13.5. The van der Waals surface area contributed by atoms with Crippen LogP contribution < -0.4 is 10.1 Å². The van der Waals surface area contributed by atoms with Gasteiger partial charge in [0, 0.05) is 49.8 Å². The summed E-state index contributed by atoms with van der Waals surface area (Å²) < 4.78 is 37.1. The summed E-state index contributed by atoms with van der Waals surface area (Å²) in [4.78, 5) is 29.8. The van der Waals surface area contributed by atoms with Crippen LogP contribution in [-0.2, 0) is 11.3 Å². The monoisotopic (exact) mass is 631 g/mol. The standard InChI is InChI=1S/C36H43F2N5O3/c1-22(2)31-12-13-32(41-40-31)24-8-10-27(11-9-24)46-34-18-28(29(37)17-25(34)20-43-19-23(3)16-35(43)44)36(45)39-33-14-15-42(21-30(33)38)26-6-4-5-7-26/h8-13,17-18,22-23,26,30,33H,4-7,14-16,19-21H2,1-3H3,(H,39,45). The van der Waals surface area contributed by atoms with Gasteiger partial charge in [-0.15, -0.1) is 0 Å². The van der Waals surface area contributed by atoms with E-state index in [0.29, 0.717) is 43.3 Å². The smallest absolute Gasteiger partial charge is 0.254 e. The molecule has 1 aromatic heterocycles. The van der Waals surface area contributed by atoms with Crippen molar-refractivity contribution in [3.8, 4) is 22.8 Å². The zero-order valence-electron chi connectivity index (χ0n) is 26.8. The molecule has 10 heteroatoms. The maximum absolute atomic E-state index is 15.6. The van der Waals surface area contributed by atoms with Gasteiger partial charge in [-0.3, -0.25) is 14.5 Å². The minimum atomic E-state index is -1.23. The number of alkyl halides is 1. The molecular formula is C36H43F2N5O3. The van der Waals surface area contributed by atoms with Crippen LogP contribution in [0.4, 0.5) is 8.78 Å². The Hall–Kier alpha value is -3.92. The first-order valence-electron chi connectivity index (χ1n) is 16.6. The molecule has 3 atom stereocenters. The van der Waals surface area contributed by atoms with Crippen LogP contribution in [0.5, 0.6) is 11.5 Å². The Morgan fingerprint density at radius 1 is 1.04 bits per heavy atom. The maximum Gasteiger partial charge on any atom is 0.254 e. The lowest BCUT2D eigenvalue weighted by Crippen LogP contribution is -2.54. The first-order valence-corrected chi connectivity index (χ1v) is 16.6. The summed E-state index contributed by atoms with van der Waals surface area (Å²) in [6.07, 6.45) is 4.21. The Labute approximate surface area is 269 Å². The summed E-state index contributed by atoms with van der Waals surface area (Å²) >= 11 is 0. The summed E-state index contributed by atoms with van der Waals surface area (Å²) in [5, 5.41) is 11.4. The molecular weight excluding hydrogens is 588 g/mol. The second-order valence-corrected chi connectivity index (χ2v) is 13.5. The van der Waals surface area contributed by atoms with E-state index in [4.69, 9.17) is 4.74 Å². The summed E-state index contributed by atoms with van der Waals surface area (Å²) in [7, 11) is 0. The third-order valence-corrected chi connectivity index (χ3v) is 9.55. The SMILES string of the molecule is CC1CC(=O)N(Cc2cc(F)c(C(=O)NC3CCN(C4CCCC4)CC3F)cc2Oc2ccc(-c3ccc(C(C)C)nn3)cc2)C1. The van der Waals surface area contributed by atoms with Gasteiger partial charge < -0.3 is 15.0 Å². The fraction of sp³-hybridized carbons (Fsp3) is 0.500. The predicted octanol–water partition coefficient (Wildman–Crippen LogP) is 6.65. The number of benzene rings is 2. The minimum Gasteiger partial charge on any atom is -0.457 e. The van der Waals surface area contributed by atoms with Gasteiger partial charge in [0.1, 0.15) is 23.5 Å². The number of nitrogens with zero attached hydrogens (tertiary/aromatic N) is 4. The number of likely N-dealkylation sites (tertiary alicyclic amines) is 2. The summed E-state index contributed by atoms with van der Waals surface area (Å²) in [5.74, 6) is -0.211. The van der Waals surface area contributed by atoms with Gasteiger partial charge in [-0.1, -0.05) is 33.6 Å². The Kier molecular flexibility index (Phi) is 9.63. The van der Waals surface area contributed by atoms with E-state index in [0.717, 1.165) is 29.8 Å². The number of hydrogen-bond donors (Lipinski definition) is 1. The zero-order chi connectivity index (χ0) is 32.4. The summed E-state index contributed by atoms with van der Waals surface area (Å²) in [6, 6.07) is 13.5. The molecule has 1 aliphatic carbocycles. The second kappa shape index (κ2) is 13.8. The van der Waals surface area contributed by atoms with E-state index in [1.54, 1.807) is 17.0 Å². The fourth-order valence-electron chi connectivity index (χ4n) is 6.88. The van der Waals surface area contributed by atoms with E-state index >= 15 is 8.78 Å². The Balaban J connectivity index is 1.21. The van der Waals surface area contributed by atoms with E-state index in [1.165, 1.54) is 25.0 Å². The van der Waals surface area contributed by atoms with Gasteiger partial charge in [-0.05, 0) is 79.6 Å². The predicted molar refractivity (Wildman–Crippen MR) is 172 cm³/mol. The quantitative estimate of drug-likeness (QED) is 0.285. The highest BCUT2D eigenvalue weighted by Gasteiger charge is 2.35. The molecule has 3 aromatic rings. The summed E-state index contributed by atoms with van der Waals surface area (Å²) in [5.41, 5.74) is 2.71. The lowest BCUT2D eigenvalue weighted by atomic mass is 9.99. The third kappa shape index (κ3) is 7.22. The van der Waals surface area contributed by atoms with E-state index in [9.17, 15) is 9.59 Å². The number of hydrogen-bond acceptors (Lipinski definition) is 6. The molecule has 2 aromatic carbocycles. The molecule has 0 radical (unpaired) electrons. The average Bonchev–Trinajstić information content (AvgIpc) is 3.69. The number of amides is 2. The first kappa shape index (κ1) is 32.0. The molecule has 46 heavy (non-hydrogen) atoms. The van der Waals surface area contributed by atoms with Crippen molar-refractivity contribution in [2.45, 2.75) is 90.0 Å². The van der Waals surface area contributed by atoms with Crippen molar-refractivity contribution < 1.29 is 23.1 Å². The van der Waals surface area contributed by atoms with Crippen molar-refractivity contribution in [1.82, 2.24) is 25.3 Å². The molecule has 1 N–H and O–H groups in total. The van der Waals surface area contributed by atoms with Crippen LogP contribution in [-0.4, -0.2) is 69.7 Å². The molecule has 1 saturated carbocycles. The van der Waals surface area contributed by atoms with Crippen molar-refractivity contribution in [3.05, 3.63) is 71.2 Å². The van der Waals surface area contributed by atoms with Crippen molar-refractivity contribution in [3.63, 3.8) is 0 Å². The Morgan fingerprint density at radius 3 is 2.43 bits per heavy atom. The van der Waals surface area contributed by atoms with Crippen molar-refractivity contribution in [2.24, 2.45) is 5.92 Å². The number of piperidine rings is 1. The maximum atomic E-state index is 15.6. The lowest BCUT2D eigenvalue weighted by molar-refractivity contribution is -0.128. The number of carbonyl (C=O) groups is 2. The molecule has 2 aliphatic heterocycles. The van der Waals surface area contributed by atoms with Crippen LogP contribution in [0.25, 0.3) is 11.3 Å². The molecule has 3 unspecified atom stereocenters. The third-order valence-electron chi connectivity index (χ3n) is 9.55. The minimum absolute atomic E-state index is 0.00689. The van der Waals surface area contributed by atoms with Crippen LogP contribution in [0.1, 0.15) is 86.8 Å². The van der Waals surface area contributed by atoms with Crippen molar-refractivity contribution in [1.29, 1.82) is 0 Å². The van der Waals surface area contributed by atoms with Gasteiger partial charge in [0.05, 0.1) is 23.0 Å². The number of nitrogens with one attached hydrogen (secondary N) is 1. The van der Waals surface area contributed by atoms with Gasteiger partial charge in [-0.25, -0.2) is 8.78 Å². The number of carbonyl (C=O) groups excluding carboxylic acids is 2. The highest BCUT2D eigenvalue weighted by molar-refractivity contribution is 5.95. The van der Waals surface area contributed by atoms with Gasteiger partial charge >= 0.3 is 0 Å². The van der Waals surface area contributed by atoms with Crippen LogP contribution in [0, 0.1) is 11.7 Å². The lowest BCUT2D eigenvalue weighted by Gasteiger charge is -2.38. The van der Waals surface area contributed by atoms with Gasteiger partial charge in [-0.2, -0.15) is 10.2 Å². The van der Waals surface area contributed by atoms with Crippen LogP contribution in [0.3, 0.4) is 0 Å². The van der Waals surface area contributed by atoms with Gasteiger partial charge in [0.2, 0.25) is 5.91 Å². The Morgan fingerprint density at radius 2 is 1.80 bits per heavy atom. The average molecular weight is 632 g/mol. The normalized spacial score (nSPS) is 22.5. The molecule has 2 amide bonds. The zero-order valence-corrected chi connectivity index (χ0v) is 26.8. The highest BCUT2D eigenvalue weighted by Crippen LogP contribution is 2.33. The molecule has 244 valence electrons. The van der Waals surface area contributed by atoms with Crippen LogP contribution >= 0.6 is 0 Å². The molecule has 0 spiro atoms. The molecule has 3 fully saturated rings. The first-order chi connectivity index (χ1) is 22.1. The van der Waals surface area contributed by atoms with Gasteiger partial charge in [0.25, 0.3) is 5.91 Å². The fourth-order valence-corrected chi connectivity index (χ4v) is 6.88. The van der Waals surface area contributed by atoms with E-state index in [2.05, 4.69) is 34.3 Å².